The molecule has 0 aromatic rings. The zero-order chi connectivity index (χ0) is 12.6. The van der Waals surface area contributed by atoms with Gasteiger partial charge in [0.15, 0.2) is 0 Å². The number of amides is 2. The molecule has 0 rings (SSSR count). The molecule has 14 heavy (non-hydrogen) atoms. The molecule has 0 atom stereocenters. The molecule has 0 unspecified atom stereocenters. The van der Waals surface area contributed by atoms with E-state index in [0.29, 0.717) is 0 Å². The van der Waals surface area contributed by atoms with Gasteiger partial charge in [-0.05, 0) is 0 Å². The lowest BCUT2D eigenvalue weighted by Gasteiger charge is -1.68. The molecule has 11 nitrogen and oxygen atoms in total. The molecule has 0 aliphatic rings. The van der Waals surface area contributed by atoms with Crippen molar-refractivity contribution in [1.29, 1.82) is 0 Å². The fraction of sp³-hybridized carbons (Fsp3) is 0. The number of rotatable bonds is 0. The van der Waals surface area contributed by atoms with E-state index < -0.39 is 26.8 Å². The van der Waals surface area contributed by atoms with Gasteiger partial charge in [0.25, 0.3) is 0 Å². The second-order valence-electron chi connectivity index (χ2n) is 1.30. The van der Waals surface area contributed by atoms with Crippen molar-refractivity contribution >= 4 is 26.8 Å². The summed E-state index contributed by atoms with van der Waals surface area (Å²) in [6, 6.07) is -0.833. The molecule has 2 amide bonds. The highest BCUT2D eigenvalue weighted by Gasteiger charge is 1.85. The van der Waals surface area contributed by atoms with Crippen LogP contribution in [0.5, 0.6) is 0 Å². The Labute approximate surface area is 78.9 Å². The smallest absolute Gasteiger partial charge is 0.352 e. The van der Waals surface area contributed by atoms with Crippen molar-refractivity contribution < 1.29 is 39.8 Å². The van der Waals surface area contributed by atoms with Gasteiger partial charge in [-0.25, -0.2) is 4.79 Å². The average Bonchev–Trinajstić information content (AvgIpc) is 1.45. The van der Waals surface area contributed by atoms with Crippen LogP contribution in [0.4, 0.5) is 4.79 Å². The molecule has 0 aromatic carbocycles. The molecule has 88 valence electrons. The quantitative estimate of drug-likeness (QED) is 0.256. The highest BCUT2D eigenvalue weighted by molar-refractivity contribution is 7.80. The van der Waals surface area contributed by atoms with Gasteiger partial charge in [0.2, 0.25) is 0 Å². The summed E-state index contributed by atoms with van der Waals surface area (Å²) >= 11 is 0. The summed E-state index contributed by atoms with van der Waals surface area (Å²) in [6.07, 6.45) is 0. The normalized spacial score (nSPS) is 10.0. The van der Waals surface area contributed by atoms with Crippen molar-refractivity contribution in [3.05, 3.63) is 0 Å². The van der Waals surface area contributed by atoms with Crippen LogP contribution >= 0.6 is 0 Å². The highest BCUT2D eigenvalue weighted by Crippen LogP contribution is 1.59. The van der Waals surface area contributed by atoms with Gasteiger partial charge < -0.3 is 11.5 Å². The monoisotopic (exact) mass is 256 g/mol. The Bertz CT molecular complexity index is 287. The molecular weight excluding hydrogens is 248 g/mol. The summed E-state index contributed by atoms with van der Waals surface area (Å²) in [5.41, 5.74) is 8.50. The summed E-state index contributed by atoms with van der Waals surface area (Å²) in [5.74, 6) is 0. The van der Waals surface area contributed by atoms with E-state index in [1.807, 2.05) is 0 Å². The van der Waals surface area contributed by atoms with E-state index in [0.717, 1.165) is 0 Å². The Kier molecular flexibility index (Phi) is 9.92. The molecule has 0 fully saturated rings. The minimum absolute atomic E-state index is 0.833. The first kappa shape index (κ1) is 18.7. The number of nitrogens with two attached hydrogens (primary N) is 2. The third-order valence-electron chi connectivity index (χ3n) is 0. The molecule has 0 aromatic heterocycles. The fourth-order valence-electron chi connectivity index (χ4n) is 0. The lowest BCUT2D eigenvalue weighted by atomic mass is 11.2. The summed E-state index contributed by atoms with van der Waals surface area (Å²) in [7, 11) is -9.33. The van der Waals surface area contributed by atoms with Crippen molar-refractivity contribution in [3.63, 3.8) is 0 Å². The first-order valence-electron chi connectivity index (χ1n) is 2.18. The molecule has 0 aliphatic heterocycles. The SMILES string of the molecule is NC(N)=O.O=S(=O)(O)O.O=S(=O)(O)O. The Balaban J connectivity index is -0.000000131. The molecular formula is CH8N2O9S2. The van der Waals surface area contributed by atoms with Crippen LogP contribution in [0.3, 0.4) is 0 Å². The molecule has 0 aliphatic carbocycles. The minimum atomic E-state index is -4.67. The topological polar surface area (TPSA) is 218 Å². The predicted molar refractivity (Wildman–Crippen MR) is 42.1 cm³/mol. The van der Waals surface area contributed by atoms with Crippen LogP contribution in [0.25, 0.3) is 0 Å². The Morgan fingerprint density at radius 3 is 0.786 bits per heavy atom. The lowest BCUT2D eigenvalue weighted by Crippen LogP contribution is -2.18. The van der Waals surface area contributed by atoms with Crippen LogP contribution in [0, 0.1) is 0 Å². The molecule has 0 saturated carbocycles. The van der Waals surface area contributed by atoms with Gasteiger partial charge in [0.05, 0.1) is 0 Å². The standard InChI is InChI=1S/CH4N2O.2H2O4S/c2-1(3)4;2*1-5(2,3)4/h(H4,2,3,4);2*(H2,1,2,3,4). The van der Waals surface area contributed by atoms with Crippen molar-refractivity contribution in [1.82, 2.24) is 0 Å². The van der Waals surface area contributed by atoms with Gasteiger partial charge in [-0.2, -0.15) is 16.8 Å². The first-order valence-corrected chi connectivity index (χ1v) is 4.97. The van der Waals surface area contributed by atoms with Crippen molar-refractivity contribution in [2.45, 2.75) is 0 Å². The van der Waals surface area contributed by atoms with E-state index in [1.54, 1.807) is 0 Å². The van der Waals surface area contributed by atoms with Gasteiger partial charge in [-0.15, -0.1) is 0 Å². The van der Waals surface area contributed by atoms with Crippen molar-refractivity contribution in [2.24, 2.45) is 11.5 Å². The van der Waals surface area contributed by atoms with Gasteiger partial charge in [-0.3, -0.25) is 18.2 Å². The summed E-state index contributed by atoms with van der Waals surface area (Å²) in [6.45, 7) is 0. The molecule has 0 radical (unpaired) electrons. The number of carbonyl (C=O) groups excluding carboxylic acids is 1. The van der Waals surface area contributed by atoms with Crippen LogP contribution in [-0.2, 0) is 20.8 Å². The van der Waals surface area contributed by atoms with Gasteiger partial charge >= 0.3 is 26.8 Å². The van der Waals surface area contributed by atoms with Crippen LogP contribution in [0.2, 0.25) is 0 Å². The molecule has 13 heteroatoms. The van der Waals surface area contributed by atoms with E-state index in [1.165, 1.54) is 0 Å². The molecule has 0 bridgehead atoms. The second kappa shape index (κ2) is 7.42. The van der Waals surface area contributed by atoms with Crippen LogP contribution in [0.15, 0.2) is 0 Å². The largest absolute Gasteiger partial charge is 0.394 e. The van der Waals surface area contributed by atoms with E-state index in [-0.39, 0.29) is 0 Å². The predicted octanol–water partition coefficient (Wildman–Crippen LogP) is -2.28. The second-order valence-corrected chi connectivity index (χ2v) is 3.09. The van der Waals surface area contributed by atoms with Crippen LogP contribution < -0.4 is 11.5 Å². The zero-order valence-corrected chi connectivity index (χ0v) is 7.93. The summed E-state index contributed by atoms with van der Waals surface area (Å²) in [5, 5.41) is 0. The average molecular weight is 256 g/mol. The van der Waals surface area contributed by atoms with Crippen molar-refractivity contribution in [2.75, 3.05) is 0 Å². The molecule has 0 saturated heterocycles. The lowest BCUT2D eigenvalue weighted by molar-refractivity contribution is 0.256. The first-order chi connectivity index (χ1) is 5.73. The zero-order valence-electron chi connectivity index (χ0n) is 6.30. The molecule has 0 spiro atoms. The Hall–Kier alpha value is -0.990. The molecule has 0 heterocycles. The number of hydrogen-bond donors (Lipinski definition) is 6. The third kappa shape index (κ3) is 1130. The van der Waals surface area contributed by atoms with Crippen LogP contribution in [0.1, 0.15) is 0 Å². The maximum atomic E-state index is 9.00. The van der Waals surface area contributed by atoms with Gasteiger partial charge in [0.1, 0.15) is 0 Å². The van der Waals surface area contributed by atoms with E-state index in [9.17, 15) is 0 Å². The maximum absolute atomic E-state index is 9.00. The molecule has 8 N–H and O–H groups in total. The Morgan fingerprint density at radius 2 is 0.786 bits per heavy atom. The number of hydrogen-bond acceptors (Lipinski definition) is 5. The highest BCUT2D eigenvalue weighted by atomic mass is 32.3. The third-order valence-corrected chi connectivity index (χ3v) is 0. The van der Waals surface area contributed by atoms with E-state index in [2.05, 4.69) is 11.5 Å². The summed E-state index contributed by atoms with van der Waals surface area (Å²) < 4.78 is 63.2. The fourth-order valence-corrected chi connectivity index (χ4v) is 0. The number of primary amides is 2. The maximum Gasteiger partial charge on any atom is 0.394 e. The van der Waals surface area contributed by atoms with Gasteiger partial charge in [-0.1, -0.05) is 0 Å². The van der Waals surface area contributed by atoms with Crippen molar-refractivity contribution in [3.8, 4) is 0 Å². The minimum Gasteiger partial charge on any atom is -0.352 e. The Morgan fingerprint density at radius 1 is 0.786 bits per heavy atom. The van der Waals surface area contributed by atoms with E-state index >= 15 is 0 Å². The number of carbonyl (C=O) groups is 1. The summed E-state index contributed by atoms with van der Waals surface area (Å²) in [4.78, 5) is 9.00. The number of urea groups is 1. The van der Waals surface area contributed by atoms with E-state index in [4.69, 9.17) is 39.8 Å². The van der Waals surface area contributed by atoms with Crippen LogP contribution in [-0.4, -0.2) is 41.1 Å². The van der Waals surface area contributed by atoms with Gasteiger partial charge in [0, 0.05) is 0 Å².